The summed E-state index contributed by atoms with van der Waals surface area (Å²) in [5.41, 5.74) is 13.9. The summed E-state index contributed by atoms with van der Waals surface area (Å²) in [5.74, 6) is 0.00868. The number of hydrogen-bond acceptors (Lipinski definition) is 4. The number of nitrogens with one attached hydrogen (secondary N) is 1. The van der Waals surface area contributed by atoms with Crippen LogP contribution < -0.4 is 11.5 Å². The topological polar surface area (TPSA) is 97.8 Å². The van der Waals surface area contributed by atoms with E-state index in [1.807, 2.05) is 12.1 Å². The summed E-state index contributed by atoms with van der Waals surface area (Å²) in [4.78, 5) is 18.8. The summed E-state index contributed by atoms with van der Waals surface area (Å²) < 4.78 is 0. The van der Waals surface area contributed by atoms with Crippen molar-refractivity contribution in [1.29, 1.82) is 0 Å². The highest BCUT2D eigenvalue weighted by atomic mass is 35.5. The highest BCUT2D eigenvalue weighted by molar-refractivity contribution is 5.86. The molecule has 2 rings (SSSR count). The number of H-pyrrole nitrogens is 1. The van der Waals surface area contributed by atoms with Gasteiger partial charge in [0, 0.05) is 30.4 Å². The van der Waals surface area contributed by atoms with Gasteiger partial charge in [0.15, 0.2) is 5.78 Å². The van der Waals surface area contributed by atoms with Gasteiger partial charge >= 0.3 is 0 Å². The largest absolute Gasteiger partial charge is 0.399 e. The number of ketones is 1. The number of aromatic amines is 1. The van der Waals surface area contributed by atoms with Gasteiger partial charge in [-0.25, -0.2) is 4.98 Å². The average Bonchev–Trinajstić information content (AvgIpc) is 2.85. The Labute approximate surface area is 130 Å². The van der Waals surface area contributed by atoms with E-state index in [9.17, 15) is 4.79 Å². The maximum Gasteiger partial charge on any atom is 0.154 e. The van der Waals surface area contributed by atoms with Gasteiger partial charge in [0.25, 0.3) is 0 Å². The van der Waals surface area contributed by atoms with Crippen LogP contribution in [0, 0.1) is 0 Å². The predicted molar refractivity (Wildman–Crippen MR) is 84.3 cm³/mol. The average molecular weight is 317 g/mol. The lowest BCUT2D eigenvalue weighted by Crippen LogP contribution is -2.34. The molecule has 110 valence electrons. The third-order valence-electron chi connectivity index (χ3n) is 2.77. The molecule has 7 heteroatoms. The number of aromatic nitrogens is 2. The molecule has 0 amide bonds. The van der Waals surface area contributed by atoms with E-state index in [-0.39, 0.29) is 30.6 Å². The first-order chi connectivity index (χ1) is 8.65. The van der Waals surface area contributed by atoms with Crippen LogP contribution in [0.5, 0.6) is 0 Å². The van der Waals surface area contributed by atoms with E-state index in [1.165, 1.54) is 0 Å². The second kappa shape index (κ2) is 8.58. The lowest BCUT2D eigenvalue weighted by atomic mass is 10.0. The van der Waals surface area contributed by atoms with Gasteiger partial charge in [-0.1, -0.05) is 12.1 Å². The van der Waals surface area contributed by atoms with Crippen LogP contribution in [0.3, 0.4) is 0 Å². The molecule has 2 aromatic rings. The monoisotopic (exact) mass is 316 g/mol. The van der Waals surface area contributed by atoms with Crippen molar-refractivity contribution in [2.75, 3.05) is 5.73 Å². The number of carbonyl (C=O) groups excluding carboxylic acids is 1. The highest BCUT2D eigenvalue weighted by Crippen LogP contribution is 2.08. The first kappa shape index (κ1) is 18.4. The van der Waals surface area contributed by atoms with Crippen molar-refractivity contribution in [3.05, 3.63) is 48.0 Å². The molecule has 5 N–H and O–H groups in total. The minimum absolute atomic E-state index is 0. The number of halogens is 2. The molecule has 1 aromatic heterocycles. The van der Waals surface area contributed by atoms with Gasteiger partial charge in [0.2, 0.25) is 0 Å². The fraction of sp³-hybridized carbons (Fsp3) is 0.231. The molecule has 0 aliphatic carbocycles. The van der Waals surface area contributed by atoms with Crippen LogP contribution in [-0.4, -0.2) is 21.8 Å². The molecule has 0 saturated carbocycles. The Hall–Kier alpha value is -1.56. The van der Waals surface area contributed by atoms with Crippen LogP contribution in [0.1, 0.15) is 11.3 Å². The van der Waals surface area contributed by atoms with Crippen molar-refractivity contribution >= 4 is 36.3 Å². The Morgan fingerprint density at radius 1 is 1.25 bits per heavy atom. The predicted octanol–water partition coefficient (Wildman–Crippen LogP) is 1.52. The molecule has 5 nitrogen and oxygen atoms in total. The molecule has 0 unspecified atom stereocenters. The molecular formula is C13H18Cl2N4O. The number of anilines is 1. The molecule has 0 aliphatic heterocycles. The van der Waals surface area contributed by atoms with Gasteiger partial charge in [0.05, 0.1) is 12.4 Å². The number of carbonyl (C=O) groups is 1. The quantitative estimate of drug-likeness (QED) is 0.728. The van der Waals surface area contributed by atoms with Crippen molar-refractivity contribution in [2.45, 2.75) is 18.9 Å². The van der Waals surface area contributed by atoms with Gasteiger partial charge in [-0.3, -0.25) is 4.79 Å². The van der Waals surface area contributed by atoms with Crippen LogP contribution in [0.2, 0.25) is 0 Å². The number of nitrogens with zero attached hydrogens (tertiary/aromatic N) is 1. The number of Topliss-reactive ketones (excluding diaryl/α,β-unsaturated/α-hetero) is 1. The Morgan fingerprint density at radius 3 is 2.45 bits per heavy atom. The summed E-state index contributed by atoms with van der Waals surface area (Å²) in [5, 5.41) is 0. The fourth-order valence-corrected chi connectivity index (χ4v) is 1.71. The standard InChI is InChI=1S/C13H16N4O.2ClH/c14-10-3-1-9(2-4-10)5-13(18)12(15)6-11-7-16-8-17-11;;/h1-4,7-8,12H,5-6,14-15H2,(H,16,17);2*1H/t12-;;/m0../s1. The van der Waals surface area contributed by atoms with E-state index in [0.717, 1.165) is 11.3 Å². The molecule has 1 heterocycles. The zero-order valence-electron chi connectivity index (χ0n) is 10.8. The third-order valence-corrected chi connectivity index (χ3v) is 2.77. The van der Waals surface area contributed by atoms with Crippen LogP contribution in [0.15, 0.2) is 36.8 Å². The van der Waals surface area contributed by atoms with Gasteiger partial charge < -0.3 is 16.5 Å². The van der Waals surface area contributed by atoms with E-state index < -0.39 is 6.04 Å². The summed E-state index contributed by atoms with van der Waals surface area (Å²) in [6, 6.07) is 6.74. The first-order valence-corrected chi connectivity index (χ1v) is 5.75. The van der Waals surface area contributed by atoms with Gasteiger partial charge in [-0.05, 0) is 17.7 Å². The number of rotatable bonds is 5. The smallest absolute Gasteiger partial charge is 0.154 e. The van der Waals surface area contributed by atoms with Crippen LogP contribution in [0.4, 0.5) is 5.69 Å². The minimum Gasteiger partial charge on any atom is -0.399 e. The van der Waals surface area contributed by atoms with Crippen LogP contribution >= 0.6 is 24.8 Å². The second-order valence-electron chi connectivity index (χ2n) is 4.27. The number of benzene rings is 1. The zero-order valence-corrected chi connectivity index (χ0v) is 12.4. The lowest BCUT2D eigenvalue weighted by Gasteiger charge is -2.09. The second-order valence-corrected chi connectivity index (χ2v) is 4.27. The van der Waals surface area contributed by atoms with Gasteiger partial charge in [0.1, 0.15) is 0 Å². The molecule has 1 aromatic carbocycles. The molecular weight excluding hydrogens is 299 g/mol. The van der Waals surface area contributed by atoms with Crippen molar-refractivity contribution in [3.63, 3.8) is 0 Å². The van der Waals surface area contributed by atoms with Crippen molar-refractivity contribution in [1.82, 2.24) is 9.97 Å². The number of hydrogen-bond donors (Lipinski definition) is 3. The Balaban J connectivity index is 0.00000180. The molecule has 20 heavy (non-hydrogen) atoms. The highest BCUT2D eigenvalue weighted by Gasteiger charge is 2.15. The van der Waals surface area contributed by atoms with Gasteiger partial charge in [-0.2, -0.15) is 0 Å². The molecule has 0 spiro atoms. The molecule has 0 aliphatic rings. The van der Waals surface area contributed by atoms with Crippen molar-refractivity contribution in [2.24, 2.45) is 5.73 Å². The van der Waals surface area contributed by atoms with Crippen LogP contribution in [-0.2, 0) is 17.6 Å². The molecule has 0 bridgehead atoms. The summed E-state index contributed by atoms with van der Waals surface area (Å²) in [6.07, 6.45) is 4.06. The maximum absolute atomic E-state index is 11.9. The number of imidazole rings is 1. The molecule has 0 saturated heterocycles. The van der Waals surface area contributed by atoms with Crippen molar-refractivity contribution in [3.8, 4) is 0 Å². The minimum atomic E-state index is -0.511. The van der Waals surface area contributed by atoms with E-state index in [2.05, 4.69) is 9.97 Å². The van der Waals surface area contributed by atoms with E-state index in [1.54, 1.807) is 24.7 Å². The van der Waals surface area contributed by atoms with E-state index in [0.29, 0.717) is 18.5 Å². The van der Waals surface area contributed by atoms with E-state index >= 15 is 0 Å². The SMILES string of the molecule is Cl.Cl.Nc1ccc(CC(=O)[C@@H](N)Cc2cnc[nH]2)cc1. The van der Waals surface area contributed by atoms with Gasteiger partial charge in [-0.15, -0.1) is 24.8 Å². The maximum atomic E-state index is 11.9. The Kier molecular flexibility index (Phi) is 7.91. The lowest BCUT2D eigenvalue weighted by molar-refractivity contribution is -0.119. The molecule has 0 radical (unpaired) electrons. The number of nitrogen functional groups attached to an aromatic ring is 1. The normalized spacial score (nSPS) is 11.1. The molecule has 0 fully saturated rings. The van der Waals surface area contributed by atoms with Crippen molar-refractivity contribution < 1.29 is 4.79 Å². The Morgan fingerprint density at radius 2 is 1.90 bits per heavy atom. The first-order valence-electron chi connectivity index (χ1n) is 5.75. The number of nitrogens with two attached hydrogens (primary N) is 2. The van der Waals surface area contributed by atoms with Crippen LogP contribution in [0.25, 0.3) is 0 Å². The van der Waals surface area contributed by atoms with E-state index in [4.69, 9.17) is 11.5 Å². The Bertz CT molecular complexity index is 514. The summed E-state index contributed by atoms with van der Waals surface area (Å²) in [6.45, 7) is 0. The zero-order chi connectivity index (χ0) is 13.0. The summed E-state index contributed by atoms with van der Waals surface area (Å²) >= 11 is 0. The molecule has 1 atom stereocenters. The summed E-state index contributed by atoms with van der Waals surface area (Å²) in [7, 11) is 0. The third kappa shape index (κ3) is 5.21. The fourth-order valence-electron chi connectivity index (χ4n) is 1.71.